The van der Waals surface area contributed by atoms with Crippen LogP contribution in [0.2, 0.25) is 15.2 Å². The van der Waals surface area contributed by atoms with E-state index in [2.05, 4.69) is 4.98 Å². The number of benzene rings is 1. The molecule has 2 nitrogen and oxygen atoms in total. The minimum Gasteiger partial charge on any atom is -0.487 e. The predicted octanol–water partition coefficient (Wildman–Crippen LogP) is 4.62. The third kappa shape index (κ3) is 3.25. The summed E-state index contributed by atoms with van der Waals surface area (Å²) >= 11 is 17.5. The molecule has 2 rings (SSSR count). The van der Waals surface area contributed by atoms with Crippen molar-refractivity contribution in [2.24, 2.45) is 0 Å². The normalized spacial score (nSPS) is 10.3. The highest BCUT2D eigenvalue weighted by molar-refractivity contribution is 6.42. The largest absolute Gasteiger partial charge is 0.487 e. The van der Waals surface area contributed by atoms with Crippen LogP contribution in [0.4, 0.5) is 0 Å². The smallest absolute Gasteiger partial charge is 0.139 e. The zero-order chi connectivity index (χ0) is 12.3. The third-order valence-electron chi connectivity index (χ3n) is 2.10. The molecule has 0 aliphatic heterocycles. The first-order valence-electron chi connectivity index (χ1n) is 4.84. The first kappa shape index (κ1) is 12.5. The van der Waals surface area contributed by atoms with Gasteiger partial charge in [-0.15, -0.1) is 0 Å². The van der Waals surface area contributed by atoms with Crippen molar-refractivity contribution >= 4 is 34.8 Å². The first-order valence-corrected chi connectivity index (χ1v) is 5.97. The highest BCUT2D eigenvalue weighted by Crippen LogP contribution is 2.31. The molecule has 0 unspecified atom stereocenters. The number of ether oxygens (including phenoxy) is 1. The van der Waals surface area contributed by atoms with E-state index in [1.165, 1.54) is 0 Å². The van der Waals surface area contributed by atoms with Crippen molar-refractivity contribution in [3.63, 3.8) is 0 Å². The van der Waals surface area contributed by atoms with Crippen LogP contribution in [0.15, 0.2) is 36.5 Å². The fraction of sp³-hybridized carbons (Fsp3) is 0.0833. The third-order valence-corrected chi connectivity index (χ3v) is 3.12. The van der Waals surface area contributed by atoms with Crippen LogP contribution in [0.1, 0.15) is 5.56 Å². The predicted molar refractivity (Wildman–Crippen MR) is 70.0 cm³/mol. The summed E-state index contributed by atoms with van der Waals surface area (Å²) in [5, 5.41) is 1.34. The second-order valence-corrected chi connectivity index (χ2v) is 4.50. The fourth-order valence-electron chi connectivity index (χ4n) is 1.25. The molecule has 5 heteroatoms. The molecular formula is C12H8Cl3NO. The molecule has 0 N–H and O–H groups in total. The van der Waals surface area contributed by atoms with E-state index in [0.29, 0.717) is 27.6 Å². The van der Waals surface area contributed by atoms with Gasteiger partial charge in [0.15, 0.2) is 0 Å². The molecule has 1 aromatic carbocycles. The van der Waals surface area contributed by atoms with E-state index in [4.69, 9.17) is 39.5 Å². The van der Waals surface area contributed by atoms with Gasteiger partial charge in [-0.1, -0.05) is 46.9 Å². The Morgan fingerprint density at radius 2 is 1.88 bits per heavy atom. The standard InChI is InChI=1S/C12H8Cl3NO/c13-9-2-1-3-10(12(9)15)17-7-8-4-5-11(14)16-6-8/h1-6H,7H2. The van der Waals surface area contributed by atoms with Crippen LogP contribution in [0.25, 0.3) is 0 Å². The Morgan fingerprint density at radius 3 is 2.59 bits per heavy atom. The van der Waals surface area contributed by atoms with E-state index >= 15 is 0 Å². The van der Waals surface area contributed by atoms with Crippen LogP contribution in [-0.2, 0) is 6.61 Å². The summed E-state index contributed by atoms with van der Waals surface area (Å²) in [7, 11) is 0. The molecule has 17 heavy (non-hydrogen) atoms. The molecule has 0 spiro atoms. The maximum Gasteiger partial charge on any atom is 0.139 e. The average molecular weight is 289 g/mol. The number of aromatic nitrogens is 1. The lowest BCUT2D eigenvalue weighted by atomic mass is 10.3. The van der Waals surface area contributed by atoms with Gasteiger partial charge in [0.25, 0.3) is 0 Å². The Hall–Kier alpha value is -0.960. The Balaban J connectivity index is 2.07. The molecule has 0 aliphatic rings. The Bertz CT molecular complexity index is 514. The van der Waals surface area contributed by atoms with Gasteiger partial charge >= 0.3 is 0 Å². The van der Waals surface area contributed by atoms with Crippen molar-refractivity contribution in [1.29, 1.82) is 0 Å². The minimum atomic E-state index is 0.365. The number of pyridine rings is 1. The lowest BCUT2D eigenvalue weighted by molar-refractivity contribution is 0.306. The van der Waals surface area contributed by atoms with Gasteiger partial charge in [0.2, 0.25) is 0 Å². The molecule has 0 atom stereocenters. The van der Waals surface area contributed by atoms with Gasteiger partial charge in [0.05, 0.1) is 5.02 Å². The van der Waals surface area contributed by atoms with Gasteiger partial charge in [0.1, 0.15) is 22.5 Å². The molecule has 2 aromatic rings. The van der Waals surface area contributed by atoms with E-state index in [0.717, 1.165) is 5.56 Å². The SMILES string of the molecule is Clc1ccc(COc2cccc(Cl)c2Cl)cn1. The molecular weight excluding hydrogens is 280 g/mol. The van der Waals surface area contributed by atoms with Crippen LogP contribution in [0.3, 0.4) is 0 Å². The highest BCUT2D eigenvalue weighted by atomic mass is 35.5. The molecule has 0 aliphatic carbocycles. The van der Waals surface area contributed by atoms with Crippen LogP contribution in [0, 0.1) is 0 Å². The van der Waals surface area contributed by atoms with Crippen LogP contribution < -0.4 is 4.74 Å². The van der Waals surface area contributed by atoms with Gasteiger partial charge in [-0.3, -0.25) is 0 Å². The number of halogens is 3. The van der Waals surface area contributed by atoms with E-state index in [1.807, 2.05) is 6.07 Å². The zero-order valence-corrected chi connectivity index (χ0v) is 10.9. The second-order valence-electron chi connectivity index (χ2n) is 3.33. The van der Waals surface area contributed by atoms with Gasteiger partial charge in [-0.05, 0) is 18.2 Å². The summed E-state index contributed by atoms with van der Waals surface area (Å²) in [5.41, 5.74) is 0.908. The van der Waals surface area contributed by atoms with Crippen molar-refractivity contribution < 1.29 is 4.74 Å². The van der Waals surface area contributed by atoms with E-state index in [-0.39, 0.29) is 0 Å². The Morgan fingerprint density at radius 1 is 1.06 bits per heavy atom. The molecule has 1 aromatic heterocycles. The summed E-state index contributed by atoms with van der Waals surface area (Å²) in [6.07, 6.45) is 1.65. The van der Waals surface area contributed by atoms with Gasteiger partial charge in [-0.25, -0.2) is 4.98 Å². The zero-order valence-electron chi connectivity index (χ0n) is 8.66. The van der Waals surface area contributed by atoms with E-state index in [1.54, 1.807) is 30.5 Å². The summed E-state index contributed by atoms with van der Waals surface area (Å²) in [5.74, 6) is 0.550. The summed E-state index contributed by atoms with van der Waals surface area (Å²) in [6.45, 7) is 0.365. The van der Waals surface area contributed by atoms with E-state index < -0.39 is 0 Å². The molecule has 1 heterocycles. The van der Waals surface area contributed by atoms with Crippen molar-refractivity contribution in [2.75, 3.05) is 0 Å². The maximum atomic E-state index is 5.99. The molecule has 0 bridgehead atoms. The average Bonchev–Trinajstić information content (AvgIpc) is 2.33. The Labute approximate surface area is 114 Å². The summed E-state index contributed by atoms with van der Waals surface area (Å²) in [6, 6.07) is 8.80. The maximum absolute atomic E-state index is 5.99. The van der Waals surface area contributed by atoms with E-state index in [9.17, 15) is 0 Å². The van der Waals surface area contributed by atoms with Crippen molar-refractivity contribution in [3.05, 3.63) is 57.3 Å². The highest BCUT2D eigenvalue weighted by Gasteiger charge is 2.05. The van der Waals surface area contributed by atoms with Crippen LogP contribution >= 0.6 is 34.8 Å². The van der Waals surface area contributed by atoms with Crippen LogP contribution in [-0.4, -0.2) is 4.98 Å². The lowest BCUT2D eigenvalue weighted by Crippen LogP contribution is -1.96. The fourth-order valence-corrected chi connectivity index (χ4v) is 1.71. The molecule has 0 radical (unpaired) electrons. The quantitative estimate of drug-likeness (QED) is 0.769. The second kappa shape index (κ2) is 5.58. The van der Waals surface area contributed by atoms with Crippen LogP contribution in [0.5, 0.6) is 5.75 Å². The number of hydrogen-bond donors (Lipinski definition) is 0. The van der Waals surface area contributed by atoms with Crippen molar-refractivity contribution in [2.45, 2.75) is 6.61 Å². The summed E-state index contributed by atoms with van der Waals surface area (Å²) < 4.78 is 5.54. The van der Waals surface area contributed by atoms with Gasteiger partial charge in [0, 0.05) is 11.8 Å². The number of hydrogen-bond acceptors (Lipinski definition) is 2. The van der Waals surface area contributed by atoms with Gasteiger partial charge in [-0.2, -0.15) is 0 Å². The molecule has 0 saturated heterocycles. The first-order chi connectivity index (χ1) is 8.16. The monoisotopic (exact) mass is 287 g/mol. The number of rotatable bonds is 3. The van der Waals surface area contributed by atoms with Crippen molar-refractivity contribution in [1.82, 2.24) is 4.98 Å². The lowest BCUT2D eigenvalue weighted by Gasteiger charge is -2.08. The number of nitrogens with zero attached hydrogens (tertiary/aromatic N) is 1. The summed E-state index contributed by atoms with van der Waals surface area (Å²) in [4.78, 5) is 3.96. The van der Waals surface area contributed by atoms with Gasteiger partial charge < -0.3 is 4.74 Å². The Kier molecular flexibility index (Phi) is 4.11. The topological polar surface area (TPSA) is 22.1 Å². The van der Waals surface area contributed by atoms with Crippen molar-refractivity contribution in [3.8, 4) is 5.75 Å². The molecule has 0 saturated carbocycles. The molecule has 0 fully saturated rings. The molecule has 0 amide bonds. The minimum absolute atomic E-state index is 0.365. The molecule has 88 valence electrons.